The molecular formula is C18H25NO4. The summed E-state index contributed by atoms with van der Waals surface area (Å²) in [6, 6.07) is 7.21. The number of ether oxygens (including phenoxy) is 2. The van der Waals surface area contributed by atoms with Gasteiger partial charge in [0.15, 0.2) is 0 Å². The Balaban J connectivity index is 1.61. The highest BCUT2D eigenvalue weighted by Gasteiger charge is 2.44. The maximum atomic E-state index is 11.1. The minimum Gasteiger partial charge on any atom is -0.478 e. The van der Waals surface area contributed by atoms with Crippen LogP contribution >= 0.6 is 0 Å². The largest absolute Gasteiger partial charge is 0.478 e. The number of carboxylic acid groups (broad SMARTS) is 1. The van der Waals surface area contributed by atoms with E-state index in [9.17, 15) is 4.79 Å². The van der Waals surface area contributed by atoms with Crippen LogP contribution in [0.15, 0.2) is 24.3 Å². The molecule has 1 atom stereocenters. The second kappa shape index (κ2) is 6.99. The van der Waals surface area contributed by atoms with Crippen LogP contribution in [0.1, 0.15) is 41.6 Å². The van der Waals surface area contributed by atoms with Gasteiger partial charge in [0.25, 0.3) is 0 Å². The predicted molar refractivity (Wildman–Crippen MR) is 86.6 cm³/mol. The van der Waals surface area contributed by atoms with Crippen LogP contribution in [0, 0.1) is 0 Å². The molecule has 2 heterocycles. The molecule has 23 heavy (non-hydrogen) atoms. The molecule has 0 amide bonds. The van der Waals surface area contributed by atoms with Gasteiger partial charge in [0.05, 0.1) is 17.3 Å². The number of piperidine rings is 1. The molecule has 1 N–H and O–H groups in total. The first-order valence-corrected chi connectivity index (χ1v) is 8.34. The lowest BCUT2D eigenvalue weighted by atomic mass is 9.81. The molecule has 3 rings (SSSR count). The molecule has 0 aromatic heterocycles. The van der Waals surface area contributed by atoms with E-state index in [0.717, 1.165) is 57.5 Å². The maximum absolute atomic E-state index is 11.1. The third kappa shape index (κ3) is 3.57. The Bertz CT molecular complexity index is 552. The van der Waals surface area contributed by atoms with Gasteiger partial charge in [-0.05, 0) is 43.4 Å². The molecule has 1 spiro atoms. The first-order chi connectivity index (χ1) is 11.1. The number of hydrogen-bond acceptors (Lipinski definition) is 4. The van der Waals surface area contributed by atoms with Gasteiger partial charge < -0.3 is 14.6 Å². The van der Waals surface area contributed by atoms with E-state index < -0.39 is 5.97 Å². The fourth-order valence-corrected chi connectivity index (χ4v) is 3.85. The SMILES string of the molecule is COC1CCCOC12CCN(Cc1cccc(C(=O)O)c1)CC2. The van der Waals surface area contributed by atoms with Crippen LogP contribution < -0.4 is 0 Å². The van der Waals surface area contributed by atoms with E-state index in [-0.39, 0.29) is 11.7 Å². The zero-order chi connectivity index (χ0) is 16.3. The fraction of sp³-hybridized carbons (Fsp3) is 0.611. The normalized spacial score (nSPS) is 24.7. The summed E-state index contributed by atoms with van der Waals surface area (Å²) >= 11 is 0. The van der Waals surface area contributed by atoms with Crippen molar-refractivity contribution in [1.29, 1.82) is 0 Å². The van der Waals surface area contributed by atoms with Crippen LogP contribution in [0.2, 0.25) is 0 Å². The van der Waals surface area contributed by atoms with Crippen LogP contribution in [-0.4, -0.2) is 54.5 Å². The smallest absolute Gasteiger partial charge is 0.335 e. The quantitative estimate of drug-likeness (QED) is 0.924. The molecule has 126 valence electrons. The summed E-state index contributed by atoms with van der Waals surface area (Å²) in [5.74, 6) is -0.872. The molecular weight excluding hydrogens is 294 g/mol. The number of methoxy groups -OCH3 is 1. The van der Waals surface area contributed by atoms with Crippen molar-refractivity contribution in [2.75, 3.05) is 26.8 Å². The van der Waals surface area contributed by atoms with E-state index in [1.54, 1.807) is 19.2 Å². The van der Waals surface area contributed by atoms with Crippen molar-refractivity contribution in [3.63, 3.8) is 0 Å². The van der Waals surface area contributed by atoms with Crippen molar-refractivity contribution in [1.82, 2.24) is 4.90 Å². The highest BCUT2D eigenvalue weighted by Crippen LogP contribution is 2.37. The average molecular weight is 319 g/mol. The van der Waals surface area contributed by atoms with Gasteiger partial charge in [-0.15, -0.1) is 0 Å². The lowest BCUT2D eigenvalue weighted by Gasteiger charge is -2.48. The van der Waals surface area contributed by atoms with Gasteiger partial charge in [0.1, 0.15) is 0 Å². The Morgan fingerprint density at radius 1 is 1.43 bits per heavy atom. The number of nitrogens with zero attached hydrogens (tertiary/aromatic N) is 1. The summed E-state index contributed by atoms with van der Waals surface area (Å²) in [7, 11) is 1.78. The first kappa shape index (κ1) is 16.4. The van der Waals surface area contributed by atoms with E-state index in [1.165, 1.54) is 0 Å². The van der Waals surface area contributed by atoms with E-state index >= 15 is 0 Å². The second-order valence-electron chi connectivity index (χ2n) is 6.56. The minimum absolute atomic E-state index is 0.119. The van der Waals surface area contributed by atoms with Crippen molar-refractivity contribution >= 4 is 5.97 Å². The van der Waals surface area contributed by atoms with Gasteiger partial charge in [-0.25, -0.2) is 4.79 Å². The molecule has 2 aliphatic heterocycles. The molecule has 1 unspecified atom stereocenters. The molecule has 2 aliphatic rings. The number of aromatic carboxylic acids is 1. The molecule has 5 nitrogen and oxygen atoms in total. The fourth-order valence-electron chi connectivity index (χ4n) is 3.85. The number of hydrogen-bond donors (Lipinski definition) is 1. The van der Waals surface area contributed by atoms with Crippen molar-refractivity contribution in [3.05, 3.63) is 35.4 Å². The topological polar surface area (TPSA) is 59.0 Å². The number of likely N-dealkylation sites (tertiary alicyclic amines) is 1. The molecule has 0 bridgehead atoms. The summed E-state index contributed by atoms with van der Waals surface area (Å²) in [6.45, 7) is 3.53. The van der Waals surface area contributed by atoms with Crippen LogP contribution in [-0.2, 0) is 16.0 Å². The van der Waals surface area contributed by atoms with Gasteiger partial charge in [0, 0.05) is 33.4 Å². The number of benzene rings is 1. The summed E-state index contributed by atoms with van der Waals surface area (Å²) in [5, 5.41) is 9.09. The Labute approximate surface area is 137 Å². The minimum atomic E-state index is -0.872. The highest BCUT2D eigenvalue weighted by atomic mass is 16.5. The molecule has 5 heteroatoms. The second-order valence-corrected chi connectivity index (χ2v) is 6.56. The van der Waals surface area contributed by atoms with Gasteiger partial charge in [-0.2, -0.15) is 0 Å². The van der Waals surface area contributed by atoms with Crippen molar-refractivity contribution < 1.29 is 19.4 Å². The molecule has 2 fully saturated rings. The van der Waals surface area contributed by atoms with E-state index in [1.807, 2.05) is 12.1 Å². The Kier molecular flexibility index (Phi) is 4.99. The molecule has 0 saturated carbocycles. The Hall–Kier alpha value is -1.43. The van der Waals surface area contributed by atoms with Crippen molar-refractivity contribution in [2.24, 2.45) is 0 Å². The first-order valence-electron chi connectivity index (χ1n) is 8.34. The summed E-state index contributed by atoms with van der Waals surface area (Å²) in [4.78, 5) is 13.4. The van der Waals surface area contributed by atoms with Gasteiger partial charge in [-0.1, -0.05) is 12.1 Å². The molecule has 0 radical (unpaired) electrons. The Morgan fingerprint density at radius 3 is 2.91 bits per heavy atom. The van der Waals surface area contributed by atoms with Gasteiger partial charge in [0.2, 0.25) is 0 Å². The summed E-state index contributed by atoms with van der Waals surface area (Å²) in [5.41, 5.74) is 1.28. The van der Waals surface area contributed by atoms with Crippen molar-refractivity contribution in [2.45, 2.75) is 43.9 Å². The summed E-state index contributed by atoms with van der Waals surface area (Å²) < 4.78 is 11.8. The van der Waals surface area contributed by atoms with Crippen LogP contribution in [0.25, 0.3) is 0 Å². The lowest BCUT2D eigenvalue weighted by molar-refractivity contribution is -0.186. The van der Waals surface area contributed by atoms with Gasteiger partial charge >= 0.3 is 5.97 Å². The molecule has 2 saturated heterocycles. The van der Waals surface area contributed by atoms with Crippen molar-refractivity contribution in [3.8, 4) is 0 Å². The maximum Gasteiger partial charge on any atom is 0.335 e. The summed E-state index contributed by atoms with van der Waals surface area (Å²) in [6.07, 6.45) is 4.31. The van der Waals surface area contributed by atoms with E-state index in [4.69, 9.17) is 14.6 Å². The molecule has 1 aromatic carbocycles. The van der Waals surface area contributed by atoms with E-state index in [0.29, 0.717) is 5.56 Å². The standard InChI is InChI=1S/C18H25NO4/c1-22-16-6-3-11-23-18(16)7-9-19(10-8-18)13-14-4-2-5-15(12-14)17(20)21/h2,4-5,12,16H,3,6-11,13H2,1H3,(H,20,21). The van der Waals surface area contributed by atoms with Gasteiger partial charge in [-0.3, -0.25) is 4.90 Å². The molecule has 0 aliphatic carbocycles. The van der Waals surface area contributed by atoms with E-state index in [2.05, 4.69) is 4.90 Å². The third-order valence-electron chi connectivity index (χ3n) is 5.15. The van der Waals surface area contributed by atoms with Crippen LogP contribution in [0.5, 0.6) is 0 Å². The Morgan fingerprint density at radius 2 is 2.22 bits per heavy atom. The predicted octanol–water partition coefficient (Wildman–Crippen LogP) is 2.54. The van der Waals surface area contributed by atoms with Crippen LogP contribution in [0.4, 0.5) is 0 Å². The lowest BCUT2D eigenvalue weighted by Crippen LogP contribution is -2.55. The third-order valence-corrected chi connectivity index (χ3v) is 5.15. The number of carboxylic acids is 1. The highest BCUT2D eigenvalue weighted by molar-refractivity contribution is 5.87. The molecule has 1 aromatic rings. The number of rotatable bonds is 4. The van der Waals surface area contributed by atoms with Crippen LogP contribution in [0.3, 0.4) is 0 Å². The average Bonchev–Trinajstić information content (AvgIpc) is 2.58. The number of carbonyl (C=O) groups is 1. The zero-order valence-electron chi connectivity index (χ0n) is 13.7. The monoisotopic (exact) mass is 319 g/mol. The zero-order valence-corrected chi connectivity index (χ0v) is 13.7.